The van der Waals surface area contributed by atoms with Crippen LogP contribution in [0.5, 0.6) is 0 Å². The first-order valence-electron chi connectivity index (χ1n) is 26.9. The van der Waals surface area contributed by atoms with Gasteiger partial charge in [-0.15, -0.1) is 0 Å². The van der Waals surface area contributed by atoms with Crippen LogP contribution in [0, 0.1) is 0 Å². The molecular formula is C55H99NO10. The number of amides is 1. The number of carbonyl (C=O) groups excluding carboxylic acids is 2. The second-order valence-corrected chi connectivity index (χ2v) is 18.6. The molecule has 0 spiro atoms. The van der Waals surface area contributed by atoms with E-state index >= 15 is 0 Å². The Morgan fingerprint density at radius 1 is 0.545 bits per heavy atom. The SMILES string of the molecule is CCC/C=C/CC/C=C/CC/C=C/C(O)C(COC1OC(CO)C(O)C(O)C1O)NC(=O)CCCCCCC/C=C\CCCCCCCCCOC(=O)CCCCCCCCCCCCC. The molecule has 0 aromatic carbocycles. The van der Waals surface area contributed by atoms with Gasteiger partial charge in [0, 0.05) is 12.8 Å². The average molecular weight is 934 g/mol. The van der Waals surface area contributed by atoms with Crippen LogP contribution in [0.2, 0.25) is 0 Å². The first kappa shape index (κ1) is 61.6. The molecule has 1 amide bonds. The zero-order valence-corrected chi connectivity index (χ0v) is 41.9. The summed E-state index contributed by atoms with van der Waals surface area (Å²) in [4.78, 5) is 25.0. The molecule has 7 unspecified atom stereocenters. The summed E-state index contributed by atoms with van der Waals surface area (Å²) < 4.78 is 16.6. The molecule has 0 aromatic rings. The van der Waals surface area contributed by atoms with Crippen molar-refractivity contribution in [2.75, 3.05) is 19.8 Å². The molecule has 0 aliphatic carbocycles. The van der Waals surface area contributed by atoms with Crippen molar-refractivity contribution in [3.8, 4) is 0 Å². The van der Waals surface area contributed by atoms with Crippen LogP contribution >= 0.6 is 0 Å². The van der Waals surface area contributed by atoms with Crippen molar-refractivity contribution >= 4 is 11.9 Å². The molecule has 1 saturated heterocycles. The summed E-state index contributed by atoms with van der Waals surface area (Å²) in [6.07, 6.45) is 44.8. The van der Waals surface area contributed by atoms with Gasteiger partial charge in [-0.25, -0.2) is 0 Å². The van der Waals surface area contributed by atoms with E-state index in [0.29, 0.717) is 25.9 Å². The summed E-state index contributed by atoms with van der Waals surface area (Å²) in [5.74, 6) is -0.240. The van der Waals surface area contributed by atoms with Crippen molar-refractivity contribution in [1.29, 1.82) is 0 Å². The van der Waals surface area contributed by atoms with Crippen LogP contribution in [0.3, 0.4) is 0 Å². The molecule has 0 saturated carbocycles. The molecule has 1 rings (SSSR count). The summed E-state index contributed by atoms with van der Waals surface area (Å²) in [7, 11) is 0. The highest BCUT2D eigenvalue weighted by Gasteiger charge is 2.44. The van der Waals surface area contributed by atoms with Crippen LogP contribution in [0.25, 0.3) is 0 Å². The first-order chi connectivity index (χ1) is 32.2. The fraction of sp³-hybridized carbons (Fsp3) is 0.818. The van der Waals surface area contributed by atoms with Gasteiger partial charge in [0.25, 0.3) is 0 Å². The molecule has 66 heavy (non-hydrogen) atoms. The maximum absolute atomic E-state index is 13.0. The summed E-state index contributed by atoms with van der Waals surface area (Å²) in [6, 6.07) is -0.846. The number of carbonyl (C=O) groups is 2. The molecule has 384 valence electrons. The number of esters is 1. The highest BCUT2D eigenvalue weighted by Crippen LogP contribution is 2.23. The van der Waals surface area contributed by atoms with Crippen LogP contribution in [0.15, 0.2) is 48.6 Å². The summed E-state index contributed by atoms with van der Waals surface area (Å²) in [5, 5.41) is 54.1. The molecule has 0 radical (unpaired) electrons. The molecule has 11 heteroatoms. The van der Waals surface area contributed by atoms with Gasteiger partial charge in [0.05, 0.1) is 32.0 Å². The zero-order chi connectivity index (χ0) is 48.1. The van der Waals surface area contributed by atoms with E-state index in [1.165, 1.54) is 89.9 Å². The first-order valence-corrected chi connectivity index (χ1v) is 26.9. The van der Waals surface area contributed by atoms with Crippen molar-refractivity contribution < 1.29 is 49.3 Å². The quantitative estimate of drug-likeness (QED) is 0.0196. The molecule has 1 aliphatic rings. The van der Waals surface area contributed by atoms with Crippen LogP contribution in [-0.2, 0) is 23.8 Å². The number of rotatable bonds is 45. The fourth-order valence-corrected chi connectivity index (χ4v) is 8.05. The zero-order valence-electron chi connectivity index (χ0n) is 41.9. The van der Waals surface area contributed by atoms with Gasteiger partial charge in [-0.1, -0.05) is 184 Å². The number of ether oxygens (including phenoxy) is 3. The lowest BCUT2D eigenvalue weighted by molar-refractivity contribution is -0.302. The van der Waals surface area contributed by atoms with Crippen LogP contribution in [-0.4, -0.2) is 100 Å². The average Bonchev–Trinajstić information content (AvgIpc) is 3.31. The lowest BCUT2D eigenvalue weighted by Gasteiger charge is -2.40. The van der Waals surface area contributed by atoms with Crippen molar-refractivity contribution in [3.05, 3.63) is 48.6 Å². The van der Waals surface area contributed by atoms with Crippen molar-refractivity contribution in [1.82, 2.24) is 5.32 Å². The summed E-state index contributed by atoms with van der Waals surface area (Å²) in [5.41, 5.74) is 0. The standard InChI is InChI=1S/C55H99NO10/c1-3-5-7-9-11-13-21-25-29-33-37-41-48(58)47(46-65-55-54(63)53(62)52(61)49(45-57)66-55)56-50(59)42-38-34-30-26-23-19-17-15-16-18-20-24-28-32-36-40-44-64-51(60)43-39-35-31-27-22-14-12-10-8-6-4-2/h7,9,15,17,21,25,37,41,47-49,52-55,57-58,61-63H,3-6,8,10-14,16,18-20,22-24,26-36,38-40,42-46H2,1-2H3,(H,56,59)/b9-7+,17-15-,25-21+,41-37+. The molecule has 1 fully saturated rings. The topological polar surface area (TPSA) is 175 Å². The fourth-order valence-electron chi connectivity index (χ4n) is 8.05. The van der Waals surface area contributed by atoms with E-state index in [2.05, 4.69) is 55.6 Å². The van der Waals surface area contributed by atoms with Crippen molar-refractivity contribution in [2.45, 2.75) is 269 Å². The largest absolute Gasteiger partial charge is 0.466 e. The molecule has 0 bridgehead atoms. The lowest BCUT2D eigenvalue weighted by Crippen LogP contribution is -2.60. The molecule has 1 aliphatic heterocycles. The number of hydrogen-bond donors (Lipinski definition) is 6. The predicted octanol–water partition coefficient (Wildman–Crippen LogP) is 11.3. The maximum Gasteiger partial charge on any atom is 0.305 e. The summed E-state index contributed by atoms with van der Waals surface area (Å²) in [6.45, 7) is 4.19. The molecule has 6 N–H and O–H groups in total. The van der Waals surface area contributed by atoms with Gasteiger partial charge in [-0.2, -0.15) is 0 Å². The summed E-state index contributed by atoms with van der Waals surface area (Å²) >= 11 is 0. The molecule has 0 aromatic heterocycles. The minimum absolute atomic E-state index is 0.0234. The Morgan fingerprint density at radius 3 is 1.56 bits per heavy atom. The Hall–Kier alpha value is -2.38. The molecule has 11 nitrogen and oxygen atoms in total. The molecular weight excluding hydrogens is 835 g/mol. The second kappa shape index (κ2) is 45.1. The van der Waals surface area contributed by atoms with E-state index in [0.717, 1.165) is 103 Å². The third-order valence-electron chi connectivity index (χ3n) is 12.4. The number of unbranched alkanes of at least 4 members (excludes halogenated alkanes) is 25. The number of hydrogen-bond acceptors (Lipinski definition) is 10. The van der Waals surface area contributed by atoms with E-state index in [1.807, 2.05) is 6.08 Å². The number of aliphatic hydroxyl groups is 5. The van der Waals surface area contributed by atoms with Gasteiger partial charge in [-0.3, -0.25) is 9.59 Å². The van der Waals surface area contributed by atoms with Crippen molar-refractivity contribution in [2.24, 2.45) is 0 Å². The van der Waals surface area contributed by atoms with Gasteiger partial charge in [0.15, 0.2) is 6.29 Å². The Bertz CT molecular complexity index is 1240. The third-order valence-corrected chi connectivity index (χ3v) is 12.4. The number of allylic oxidation sites excluding steroid dienone is 7. The van der Waals surface area contributed by atoms with E-state index in [1.54, 1.807) is 6.08 Å². The third kappa shape index (κ3) is 34.8. The van der Waals surface area contributed by atoms with Crippen LogP contribution in [0.4, 0.5) is 0 Å². The Morgan fingerprint density at radius 2 is 1.02 bits per heavy atom. The molecule has 7 atom stereocenters. The van der Waals surface area contributed by atoms with Gasteiger partial charge < -0.3 is 45.1 Å². The van der Waals surface area contributed by atoms with E-state index in [9.17, 15) is 35.1 Å². The number of nitrogens with one attached hydrogen (secondary N) is 1. The van der Waals surface area contributed by atoms with E-state index in [-0.39, 0.29) is 18.5 Å². The lowest BCUT2D eigenvalue weighted by atomic mass is 9.99. The number of aliphatic hydroxyl groups excluding tert-OH is 5. The van der Waals surface area contributed by atoms with E-state index in [4.69, 9.17) is 14.2 Å². The monoisotopic (exact) mass is 934 g/mol. The van der Waals surface area contributed by atoms with Gasteiger partial charge in [-0.05, 0) is 77.0 Å². The van der Waals surface area contributed by atoms with E-state index < -0.39 is 49.5 Å². The normalized spacial score (nSPS) is 20.0. The van der Waals surface area contributed by atoms with Gasteiger partial charge in [0.1, 0.15) is 24.4 Å². The van der Waals surface area contributed by atoms with Gasteiger partial charge >= 0.3 is 5.97 Å². The van der Waals surface area contributed by atoms with Crippen LogP contribution < -0.4 is 5.32 Å². The van der Waals surface area contributed by atoms with Gasteiger partial charge in [0.2, 0.25) is 5.91 Å². The second-order valence-electron chi connectivity index (χ2n) is 18.6. The highest BCUT2D eigenvalue weighted by molar-refractivity contribution is 5.76. The predicted molar refractivity (Wildman–Crippen MR) is 269 cm³/mol. The molecule has 1 heterocycles. The Balaban J connectivity index is 2.16. The highest BCUT2D eigenvalue weighted by atomic mass is 16.7. The minimum Gasteiger partial charge on any atom is -0.466 e. The Kier molecular flexibility index (Phi) is 42.1. The van der Waals surface area contributed by atoms with Crippen molar-refractivity contribution in [3.63, 3.8) is 0 Å². The smallest absolute Gasteiger partial charge is 0.305 e. The minimum atomic E-state index is -1.59. The van der Waals surface area contributed by atoms with Crippen LogP contribution in [0.1, 0.15) is 226 Å². The Labute approximate surface area is 402 Å². The maximum atomic E-state index is 13.0.